The summed E-state index contributed by atoms with van der Waals surface area (Å²) in [5.74, 6) is 0. The highest BCUT2D eigenvalue weighted by molar-refractivity contribution is 5.73. The number of aliphatic hydroxyl groups excluding tert-OH is 1. The quantitative estimate of drug-likeness (QED) is 0.806. The van der Waals surface area contributed by atoms with Gasteiger partial charge in [0.1, 0.15) is 0 Å². The molecule has 1 aliphatic heterocycles. The van der Waals surface area contributed by atoms with Crippen molar-refractivity contribution in [2.75, 3.05) is 26.7 Å². The lowest BCUT2D eigenvalue weighted by Crippen LogP contribution is -2.48. The SMILES string of the molecule is CC(O)CCN(C)C(=O)NCC1CCCCN1Cc1ccccc1. The zero-order valence-corrected chi connectivity index (χ0v) is 14.9. The lowest BCUT2D eigenvalue weighted by molar-refractivity contribution is 0.133. The Kier molecular flexibility index (Phi) is 7.53. The maximum absolute atomic E-state index is 12.2. The van der Waals surface area contributed by atoms with E-state index in [9.17, 15) is 9.90 Å². The van der Waals surface area contributed by atoms with Crippen LogP contribution in [0.25, 0.3) is 0 Å². The summed E-state index contributed by atoms with van der Waals surface area (Å²) >= 11 is 0. The van der Waals surface area contributed by atoms with Crippen LogP contribution in [0.15, 0.2) is 30.3 Å². The van der Waals surface area contributed by atoms with E-state index in [1.54, 1.807) is 18.9 Å². The standard InChI is InChI=1S/C19H31N3O2/c1-16(23)11-13-21(2)19(24)20-14-18-10-6-7-12-22(18)15-17-8-4-3-5-9-17/h3-5,8-9,16,18,23H,6-7,10-15H2,1-2H3,(H,20,24). The molecule has 0 aliphatic carbocycles. The first-order valence-electron chi connectivity index (χ1n) is 9.01. The van der Waals surface area contributed by atoms with Crippen LogP contribution >= 0.6 is 0 Å². The number of rotatable bonds is 7. The van der Waals surface area contributed by atoms with Gasteiger partial charge in [-0.3, -0.25) is 4.90 Å². The predicted molar refractivity (Wildman–Crippen MR) is 96.8 cm³/mol. The average Bonchev–Trinajstić information content (AvgIpc) is 2.59. The number of amides is 2. The summed E-state index contributed by atoms with van der Waals surface area (Å²) in [6.45, 7) is 5.04. The lowest BCUT2D eigenvalue weighted by atomic mass is 10.0. The van der Waals surface area contributed by atoms with E-state index in [0.717, 1.165) is 19.5 Å². The number of piperidine rings is 1. The van der Waals surface area contributed by atoms with Crippen molar-refractivity contribution in [3.8, 4) is 0 Å². The summed E-state index contributed by atoms with van der Waals surface area (Å²) in [7, 11) is 1.78. The number of carbonyl (C=O) groups is 1. The second-order valence-electron chi connectivity index (χ2n) is 6.85. The van der Waals surface area contributed by atoms with Crippen LogP contribution in [0.4, 0.5) is 4.79 Å². The third-order valence-electron chi connectivity index (χ3n) is 4.70. The lowest BCUT2D eigenvalue weighted by Gasteiger charge is -2.36. The first kappa shape index (κ1) is 18.7. The predicted octanol–water partition coefficient (Wildman–Crippen LogP) is 2.45. The highest BCUT2D eigenvalue weighted by Gasteiger charge is 2.23. The van der Waals surface area contributed by atoms with Crippen LogP contribution in [0, 0.1) is 0 Å². The molecule has 0 radical (unpaired) electrons. The molecular formula is C19H31N3O2. The van der Waals surface area contributed by atoms with Gasteiger partial charge in [-0.05, 0) is 38.3 Å². The number of nitrogens with zero attached hydrogens (tertiary/aromatic N) is 2. The summed E-state index contributed by atoms with van der Waals surface area (Å²) < 4.78 is 0. The molecule has 1 fully saturated rings. The molecule has 2 rings (SSSR count). The third-order valence-corrected chi connectivity index (χ3v) is 4.70. The van der Waals surface area contributed by atoms with Crippen LogP contribution < -0.4 is 5.32 Å². The number of aliphatic hydroxyl groups is 1. The van der Waals surface area contributed by atoms with E-state index in [1.165, 1.54) is 18.4 Å². The van der Waals surface area contributed by atoms with Gasteiger partial charge in [-0.15, -0.1) is 0 Å². The molecule has 2 amide bonds. The Morgan fingerprint density at radius 1 is 1.38 bits per heavy atom. The molecule has 1 saturated heterocycles. The molecule has 134 valence electrons. The molecule has 0 bridgehead atoms. The molecule has 0 spiro atoms. The Bertz CT molecular complexity index is 493. The zero-order valence-electron chi connectivity index (χ0n) is 14.9. The van der Waals surface area contributed by atoms with Crippen molar-refractivity contribution in [3.63, 3.8) is 0 Å². The monoisotopic (exact) mass is 333 g/mol. The van der Waals surface area contributed by atoms with E-state index in [0.29, 0.717) is 25.6 Å². The van der Waals surface area contributed by atoms with E-state index >= 15 is 0 Å². The molecule has 5 heteroatoms. The van der Waals surface area contributed by atoms with Gasteiger partial charge in [0.15, 0.2) is 0 Å². The molecule has 0 saturated carbocycles. The number of hydrogen-bond donors (Lipinski definition) is 2. The van der Waals surface area contributed by atoms with E-state index < -0.39 is 0 Å². The van der Waals surface area contributed by atoms with Crippen molar-refractivity contribution in [3.05, 3.63) is 35.9 Å². The fourth-order valence-electron chi connectivity index (χ4n) is 3.14. The summed E-state index contributed by atoms with van der Waals surface area (Å²) in [5, 5.41) is 12.4. The number of benzene rings is 1. The smallest absolute Gasteiger partial charge is 0.317 e. The largest absolute Gasteiger partial charge is 0.393 e. The molecule has 0 aromatic heterocycles. The Morgan fingerprint density at radius 3 is 2.83 bits per heavy atom. The molecule has 1 aromatic carbocycles. The Hall–Kier alpha value is -1.59. The average molecular weight is 333 g/mol. The maximum Gasteiger partial charge on any atom is 0.317 e. The minimum Gasteiger partial charge on any atom is -0.393 e. The Morgan fingerprint density at radius 2 is 2.12 bits per heavy atom. The second-order valence-corrected chi connectivity index (χ2v) is 6.85. The van der Waals surface area contributed by atoms with Gasteiger partial charge in [0, 0.05) is 32.7 Å². The van der Waals surface area contributed by atoms with Gasteiger partial charge in [0.05, 0.1) is 6.10 Å². The van der Waals surface area contributed by atoms with Crippen LogP contribution in [0.1, 0.15) is 38.2 Å². The van der Waals surface area contributed by atoms with Crippen molar-refractivity contribution >= 4 is 6.03 Å². The fourth-order valence-corrected chi connectivity index (χ4v) is 3.14. The highest BCUT2D eigenvalue weighted by atomic mass is 16.3. The van der Waals surface area contributed by atoms with Crippen molar-refractivity contribution in [2.24, 2.45) is 0 Å². The maximum atomic E-state index is 12.2. The summed E-state index contributed by atoms with van der Waals surface area (Å²) in [4.78, 5) is 16.3. The van der Waals surface area contributed by atoms with Gasteiger partial charge < -0.3 is 15.3 Å². The van der Waals surface area contributed by atoms with E-state index in [1.807, 2.05) is 6.07 Å². The minimum absolute atomic E-state index is 0.0547. The van der Waals surface area contributed by atoms with Gasteiger partial charge in [-0.25, -0.2) is 4.79 Å². The third kappa shape index (κ3) is 6.13. The number of carbonyl (C=O) groups excluding carboxylic acids is 1. The van der Waals surface area contributed by atoms with Gasteiger partial charge in [0.2, 0.25) is 0 Å². The van der Waals surface area contributed by atoms with Crippen molar-refractivity contribution in [1.29, 1.82) is 0 Å². The van der Waals surface area contributed by atoms with Crippen molar-refractivity contribution in [1.82, 2.24) is 15.1 Å². The molecule has 1 aliphatic rings. The fraction of sp³-hybridized carbons (Fsp3) is 0.632. The molecule has 1 aromatic rings. The molecule has 1 heterocycles. The number of nitrogens with one attached hydrogen (secondary N) is 1. The molecule has 2 atom stereocenters. The summed E-state index contributed by atoms with van der Waals surface area (Å²) in [6, 6.07) is 10.9. The van der Waals surface area contributed by atoms with Crippen LogP contribution in [-0.2, 0) is 6.54 Å². The molecule has 2 N–H and O–H groups in total. The minimum atomic E-state index is -0.375. The molecule has 2 unspecified atom stereocenters. The van der Waals surface area contributed by atoms with Crippen molar-refractivity contribution < 1.29 is 9.90 Å². The van der Waals surface area contributed by atoms with Gasteiger partial charge in [-0.1, -0.05) is 36.8 Å². The first-order chi connectivity index (χ1) is 11.6. The molecule has 24 heavy (non-hydrogen) atoms. The Balaban J connectivity index is 1.81. The zero-order chi connectivity index (χ0) is 17.4. The van der Waals surface area contributed by atoms with Crippen molar-refractivity contribution in [2.45, 2.75) is 51.3 Å². The topological polar surface area (TPSA) is 55.8 Å². The summed E-state index contributed by atoms with van der Waals surface area (Å²) in [5.41, 5.74) is 1.32. The highest BCUT2D eigenvalue weighted by Crippen LogP contribution is 2.19. The van der Waals surface area contributed by atoms with Crippen LogP contribution in [0.2, 0.25) is 0 Å². The number of urea groups is 1. The summed E-state index contributed by atoms with van der Waals surface area (Å²) in [6.07, 6.45) is 3.81. The van der Waals surface area contributed by atoms with E-state index in [-0.39, 0.29) is 12.1 Å². The Labute approximate surface area is 145 Å². The van der Waals surface area contributed by atoms with Crippen LogP contribution in [-0.4, -0.2) is 59.8 Å². The number of likely N-dealkylation sites (tertiary alicyclic amines) is 1. The first-order valence-corrected chi connectivity index (χ1v) is 9.01. The number of hydrogen-bond acceptors (Lipinski definition) is 3. The van der Waals surface area contributed by atoms with Gasteiger partial charge in [0.25, 0.3) is 0 Å². The molecule has 5 nitrogen and oxygen atoms in total. The van der Waals surface area contributed by atoms with Gasteiger partial charge in [-0.2, -0.15) is 0 Å². The van der Waals surface area contributed by atoms with Crippen LogP contribution in [0.3, 0.4) is 0 Å². The van der Waals surface area contributed by atoms with E-state index in [2.05, 4.69) is 34.5 Å². The van der Waals surface area contributed by atoms with E-state index in [4.69, 9.17) is 0 Å². The second kappa shape index (κ2) is 9.64. The van der Waals surface area contributed by atoms with Gasteiger partial charge >= 0.3 is 6.03 Å². The normalized spacial score (nSPS) is 19.7. The van der Waals surface area contributed by atoms with Crippen LogP contribution in [0.5, 0.6) is 0 Å². The molecular weight excluding hydrogens is 302 g/mol.